The van der Waals surface area contributed by atoms with Crippen molar-refractivity contribution in [3.8, 4) is 27.6 Å². The fraction of sp³-hybridized carbons (Fsp3) is 0.406. The molecule has 2 atom stereocenters. The van der Waals surface area contributed by atoms with Crippen molar-refractivity contribution < 1.29 is 28.2 Å². The molecular formula is C32H34F2N4O4S. The Hall–Kier alpha value is -4.01. The predicted octanol–water partition coefficient (Wildman–Crippen LogP) is 5.93. The van der Waals surface area contributed by atoms with Crippen molar-refractivity contribution >= 4 is 29.0 Å². The number of alkyl carbamates (subject to hydrolysis) is 1. The Morgan fingerprint density at radius 2 is 1.84 bits per heavy atom. The van der Waals surface area contributed by atoms with Gasteiger partial charge in [-0.1, -0.05) is 6.07 Å². The molecule has 5 rings (SSSR count). The van der Waals surface area contributed by atoms with E-state index >= 15 is 4.39 Å². The first-order valence-corrected chi connectivity index (χ1v) is 15.1. The highest BCUT2D eigenvalue weighted by atomic mass is 32.1. The summed E-state index contributed by atoms with van der Waals surface area (Å²) in [7, 11) is 0. The Kier molecular flexibility index (Phi) is 8.71. The normalized spacial score (nSPS) is 18.8. The molecule has 0 aliphatic carbocycles. The number of anilines is 1. The fourth-order valence-electron chi connectivity index (χ4n) is 5.45. The quantitative estimate of drug-likeness (QED) is 0.372. The van der Waals surface area contributed by atoms with E-state index in [-0.39, 0.29) is 29.6 Å². The molecule has 8 nitrogen and oxygen atoms in total. The van der Waals surface area contributed by atoms with Crippen molar-refractivity contribution in [3.63, 3.8) is 0 Å². The number of likely N-dealkylation sites (tertiary alicyclic amines) is 1. The second kappa shape index (κ2) is 12.3. The third kappa shape index (κ3) is 6.98. The van der Waals surface area contributed by atoms with E-state index in [9.17, 15) is 24.3 Å². The first-order chi connectivity index (χ1) is 20.4. The Morgan fingerprint density at radius 3 is 2.49 bits per heavy atom. The number of piperidine rings is 1. The standard InChI is InChI=1S/C32H34F2N4O4S/c1-32(2,3)42-31(41)36-21-5-4-11-38(17-21)30(40)28-15-25(19-6-7-20(16-35)26(33)13-19)29(43-28)24-9-8-22(14-27(24)34)37-12-10-23(39)18-37/h6-9,13-15,21,23,39H,4-5,10-12,17-18H2,1-3H3,(H,36,41)/t21-,23-/m1/s1. The Bertz CT molecular complexity index is 1580. The maximum Gasteiger partial charge on any atom is 0.407 e. The van der Waals surface area contributed by atoms with Crippen LogP contribution in [0.1, 0.15) is 55.3 Å². The first kappa shape index (κ1) is 30.4. The summed E-state index contributed by atoms with van der Waals surface area (Å²) in [4.78, 5) is 30.4. The SMILES string of the molecule is CC(C)(C)OC(=O)N[C@@H]1CCCN(C(=O)c2cc(-c3ccc(C#N)c(F)c3)c(-c3ccc(N4CC[C@@H](O)C4)cc3F)s2)C1. The minimum absolute atomic E-state index is 0.114. The van der Waals surface area contributed by atoms with E-state index in [4.69, 9.17) is 4.74 Å². The summed E-state index contributed by atoms with van der Waals surface area (Å²) in [5.41, 5.74) is 1.03. The number of hydrogen-bond acceptors (Lipinski definition) is 7. The molecule has 3 heterocycles. The number of thiophene rings is 1. The molecule has 2 aliphatic heterocycles. The maximum atomic E-state index is 15.7. The molecule has 2 amide bonds. The lowest BCUT2D eigenvalue weighted by molar-refractivity contribution is 0.0453. The first-order valence-electron chi connectivity index (χ1n) is 14.3. The number of nitriles is 1. The van der Waals surface area contributed by atoms with Gasteiger partial charge in [0.05, 0.1) is 16.5 Å². The number of nitrogens with one attached hydrogen (secondary N) is 1. The second-order valence-electron chi connectivity index (χ2n) is 11.9. The Balaban J connectivity index is 1.46. The minimum Gasteiger partial charge on any atom is -0.444 e. The van der Waals surface area contributed by atoms with Crippen LogP contribution in [-0.4, -0.2) is 65.9 Å². The van der Waals surface area contributed by atoms with Crippen molar-refractivity contribution in [2.24, 2.45) is 0 Å². The third-order valence-electron chi connectivity index (χ3n) is 7.50. The number of aliphatic hydroxyl groups excluding tert-OH is 1. The second-order valence-corrected chi connectivity index (χ2v) is 13.0. The van der Waals surface area contributed by atoms with E-state index in [2.05, 4.69) is 5.32 Å². The topological polar surface area (TPSA) is 106 Å². The molecule has 0 radical (unpaired) electrons. The number of carbonyl (C=O) groups excluding carboxylic acids is 2. The van der Waals surface area contributed by atoms with E-state index in [1.54, 1.807) is 49.9 Å². The Labute approximate surface area is 253 Å². The van der Waals surface area contributed by atoms with Crippen molar-refractivity contribution in [3.05, 3.63) is 64.5 Å². The zero-order chi connectivity index (χ0) is 30.9. The van der Waals surface area contributed by atoms with Crippen molar-refractivity contribution in [1.29, 1.82) is 5.26 Å². The van der Waals surface area contributed by atoms with Gasteiger partial charge in [-0.3, -0.25) is 4.79 Å². The van der Waals surface area contributed by atoms with Gasteiger partial charge in [0, 0.05) is 53.9 Å². The molecular weight excluding hydrogens is 574 g/mol. The molecule has 2 aliphatic rings. The van der Waals surface area contributed by atoms with Crippen LogP contribution in [0.2, 0.25) is 0 Å². The van der Waals surface area contributed by atoms with Crippen molar-refractivity contribution in [2.45, 2.75) is 57.8 Å². The average molecular weight is 609 g/mol. The van der Waals surface area contributed by atoms with E-state index < -0.39 is 29.4 Å². The van der Waals surface area contributed by atoms with Gasteiger partial charge >= 0.3 is 6.09 Å². The lowest BCUT2D eigenvalue weighted by atomic mass is 10.00. The molecule has 11 heteroatoms. The van der Waals surface area contributed by atoms with Crippen LogP contribution >= 0.6 is 11.3 Å². The minimum atomic E-state index is -0.708. The summed E-state index contributed by atoms with van der Waals surface area (Å²) in [5.74, 6) is -1.49. The highest BCUT2D eigenvalue weighted by Gasteiger charge is 2.30. The van der Waals surface area contributed by atoms with Gasteiger partial charge in [-0.05, 0) is 82.0 Å². The van der Waals surface area contributed by atoms with E-state index in [0.717, 1.165) is 11.3 Å². The molecule has 0 unspecified atom stereocenters. The lowest BCUT2D eigenvalue weighted by Gasteiger charge is -2.33. The Morgan fingerprint density at radius 1 is 1.05 bits per heavy atom. The smallest absolute Gasteiger partial charge is 0.407 e. The fourth-order valence-corrected chi connectivity index (χ4v) is 6.63. The number of nitrogens with zero attached hydrogens (tertiary/aromatic N) is 3. The molecule has 2 aromatic carbocycles. The van der Waals surface area contributed by atoms with E-state index in [1.807, 2.05) is 11.0 Å². The third-order valence-corrected chi connectivity index (χ3v) is 8.66. The van der Waals surface area contributed by atoms with Crippen LogP contribution in [0.5, 0.6) is 0 Å². The summed E-state index contributed by atoms with van der Waals surface area (Å²) < 4.78 is 35.7. The predicted molar refractivity (Wildman–Crippen MR) is 161 cm³/mol. The number of β-amino-alcohol motifs (C(OH)–C–C–N with tert-alkyl or cyclic N) is 1. The average Bonchev–Trinajstić information content (AvgIpc) is 3.58. The maximum absolute atomic E-state index is 15.7. The van der Waals surface area contributed by atoms with Crippen molar-refractivity contribution in [1.82, 2.24) is 10.2 Å². The largest absolute Gasteiger partial charge is 0.444 e. The van der Waals surface area contributed by atoms with Gasteiger partial charge in [0.2, 0.25) is 0 Å². The lowest BCUT2D eigenvalue weighted by Crippen LogP contribution is -2.50. The molecule has 2 saturated heterocycles. The van der Waals surface area contributed by atoms with Crippen LogP contribution in [0.3, 0.4) is 0 Å². The van der Waals surface area contributed by atoms with Crippen LogP contribution < -0.4 is 10.2 Å². The summed E-state index contributed by atoms with van der Waals surface area (Å²) in [6, 6.07) is 12.2. The molecule has 0 bridgehead atoms. The number of halogens is 2. The summed E-state index contributed by atoms with van der Waals surface area (Å²) in [6.45, 7) is 7.16. The summed E-state index contributed by atoms with van der Waals surface area (Å²) in [6.07, 6.45) is 0.983. The molecule has 2 fully saturated rings. The number of rotatable bonds is 5. The number of benzene rings is 2. The molecule has 2 N–H and O–H groups in total. The van der Waals surface area contributed by atoms with Crippen molar-refractivity contribution in [2.75, 3.05) is 31.1 Å². The molecule has 0 spiro atoms. The molecule has 226 valence electrons. The van der Waals surface area contributed by atoms with E-state index in [1.165, 1.54) is 18.2 Å². The molecule has 3 aromatic rings. The van der Waals surface area contributed by atoms with Gasteiger partial charge in [-0.15, -0.1) is 11.3 Å². The number of amides is 2. The van der Waals surface area contributed by atoms with E-state index in [0.29, 0.717) is 65.5 Å². The summed E-state index contributed by atoms with van der Waals surface area (Å²) >= 11 is 1.12. The monoisotopic (exact) mass is 608 g/mol. The molecule has 1 aromatic heterocycles. The van der Waals surface area contributed by atoms with Crippen LogP contribution in [0.15, 0.2) is 42.5 Å². The molecule has 0 saturated carbocycles. The number of ether oxygens (including phenoxy) is 1. The van der Waals surface area contributed by atoms with Crippen LogP contribution in [-0.2, 0) is 4.74 Å². The van der Waals surface area contributed by atoms with Gasteiger partial charge in [-0.2, -0.15) is 5.26 Å². The van der Waals surface area contributed by atoms with Crippen LogP contribution in [0, 0.1) is 23.0 Å². The van der Waals surface area contributed by atoms with Gasteiger partial charge in [0.15, 0.2) is 0 Å². The highest BCUT2D eigenvalue weighted by molar-refractivity contribution is 7.18. The zero-order valence-electron chi connectivity index (χ0n) is 24.3. The van der Waals surface area contributed by atoms with Crippen LogP contribution in [0.4, 0.5) is 19.3 Å². The van der Waals surface area contributed by atoms with Gasteiger partial charge in [-0.25, -0.2) is 13.6 Å². The van der Waals surface area contributed by atoms with Gasteiger partial charge < -0.3 is 25.0 Å². The number of carbonyl (C=O) groups is 2. The van der Waals surface area contributed by atoms with Gasteiger partial charge in [0.1, 0.15) is 23.3 Å². The summed E-state index contributed by atoms with van der Waals surface area (Å²) in [5, 5.41) is 21.9. The zero-order valence-corrected chi connectivity index (χ0v) is 25.1. The number of hydrogen-bond donors (Lipinski definition) is 2. The number of aliphatic hydroxyl groups is 1. The molecule has 43 heavy (non-hydrogen) atoms. The van der Waals surface area contributed by atoms with Gasteiger partial charge in [0.25, 0.3) is 5.91 Å². The highest BCUT2D eigenvalue weighted by Crippen LogP contribution is 2.42. The van der Waals surface area contributed by atoms with Crippen LogP contribution in [0.25, 0.3) is 21.6 Å².